The van der Waals surface area contributed by atoms with Crippen molar-refractivity contribution in [3.8, 4) is 11.5 Å². The highest BCUT2D eigenvalue weighted by Crippen LogP contribution is 2.35. The minimum Gasteiger partial charge on any atom is -0.454 e. The lowest BCUT2D eigenvalue weighted by Crippen LogP contribution is -2.35. The molecular weight excluding hydrogens is 426 g/mol. The van der Waals surface area contributed by atoms with Gasteiger partial charge in [0.25, 0.3) is 5.91 Å². The summed E-state index contributed by atoms with van der Waals surface area (Å²) in [5, 5.41) is 2.78. The second kappa shape index (κ2) is 9.32. The molecule has 4 rings (SSSR count). The first-order chi connectivity index (χ1) is 15.5. The molecule has 32 heavy (non-hydrogen) atoms. The summed E-state index contributed by atoms with van der Waals surface area (Å²) in [5.41, 5.74) is 2.83. The van der Waals surface area contributed by atoms with E-state index in [1.165, 1.54) is 11.8 Å². The van der Waals surface area contributed by atoms with Crippen molar-refractivity contribution < 1.29 is 19.1 Å². The Morgan fingerprint density at radius 1 is 1.25 bits per heavy atom. The highest BCUT2D eigenvalue weighted by molar-refractivity contribution is 8.15. The number of aliphatic imine (C=N–C) groups is 1. The Kier molecular flexibility index (Phi) is 6.32. The zero-order chi connectivity index (χ0) is 22.7. The molecular formula is C24H23N3O4S. The number of nitrogens with one attached hydrogen (secondary N) is 1. The zero-order valence-corrected chi connectivity index (χ0v) is 18.6. The van der Waals surface area contributed by atoms with Gasteiger partial charge < -0.3 is 14.8 Å². The van der Waals surface area contributed by atoms with Crippen LogP contribution in [-0.4, -0.2) is 35.6 Å². The molecule has 2 aliphatic rings. The van der Waals surface area contributed by atoms with E-state index in [0.717, 1.165) is 11.1 Å². The van der Waals surface area contributed by atoms with E-state index in [2.05, 4.69) is 16.9 Å². The van der Waals surface area contributed by atoms with Crippen LogP contribution in [0, 0.1) is 6.92 Å². The van der Waals surface area contributed by atoms with Gasteiger partial charge in [-0.25, -0.2) is 4.99 Å². The van der Waals surface area contributed by atoms with Crippen LogP contribution in [0.1, 0.15) is 18.1 Å². The van der Waals surface area contributed by atoms with Crippen LogP contribution >= 0.6 is 11.8 Å². The van der Waals surface area contributed by atoms with Crippen molar-refractivity contribution in [2.75, 3.05) is 18.2 Å². The predicted molar refractivity (Wildman–Crippen MR) is 127 cm³/mol. The molecule has 0 radical (unpaired) electrons. The SMILES string of the molecule is C=CCNC(=O)C(C)SC1=N/C(=C\c2ccc3c(c2)OCO3)C(=O)N1c1ccc(C)cc1. The third-order valence-electron chi connectivity index (χ3n) is 4.89. The average molecular weight is 450 g/mol. The molecule has 0 fully saturated rings. The number of carbonyl (C=O) groups is 2. The largest absolute Gasteiger partial charge is 0.454 e. The lowest BCUT2D eigenvalue weighted by molar-refractivity contribution is -0.120. The van der Waals surface area contributed by atoms with Crippen LogP contribution in [0.5, 0.6) is 11.5 Å². The van der Waals surface area contributed by atoms with Crippen molar-refractivity contribution in [2.45, 2.75) is 19.1 Å². The van der Waals surface area contributed by atoms with Gasteiger partial charge in [-0.1, -0.05) is 41.6 Å². The molecule has 2 aromatic carbocycles. The van der Waals surface area contributed by atoms with E-state index in [1.807, 2.05) is 43.3 Å². The molecule has 1 atom stereocenters. The van der Waals surface area contributed by atoms with E-state index in [-0.39, 0.29) is 24.3 Å². The fraction of sp³-hybridized carbons (Fsp3) is 0.208. The van der Waals surface area contributed by atoms with Crippen molar-refractivity contribution in [3.05, 3.63) is 71.9 Å². The molecule has 0 saturated carbocycles. The monoisotopic (exact) mass is 449 g/mol. The van der Waals surface area contributed by atoms with Gasteiger partial charge in [-0.05, 0) is 49.8 Å². The maximum atomic E-state index is 13.3. The second-order valence-electron chi connectivity index (χ2n) is 7.31. The minimum absolute atomic E-state index is 0.151. The zero-order valence-electron chi connectivity index (χ0n) is 17.8. The van der Waals surface area contributed by atoms with Gasteiger partial charge in [0, 0.05) is 6.54 Å². The molecule has 0 saturated heterocycles. The maximum absolute atomic E-state index is 13.3. The van der Waals surface area contributed by atoms with Gasteiger partial charge in [-0.2, -0.15) is 0 Å². The number of fused-ring (bicyclic) bond motifs is 1. The number of anilines is 1. The predicted octanol–water partition coefficient (Wildman–Crippen LogP) is 3.89. The van der Waals surface area contributed by atoms with E-state index in [9.17, 15) is 9.59 Å². The smallest absolute Gasteiger partial charge is 0.283 e. The van der Waals surface area contributed by atoms with Crippen molar-refractivity contribution >= 4 is 40.5 Å². The van der Waals surface area contributed by atoms with E-state index in [4.69, 9.17) is 9.47 Å². The number of rotatable bonds is 6. The maximum Gasteiger partial charge on any atom is 0.283 e. The van der Waals surface area contributed by atoms with Gasteiger partial charge in [-0.15, -0.1) is 6.58 Å². The highest BCUT2D eigenvalue weighted by Gasteiger charge is 2.34. The van der Waals surface area contributed by atoms with Crippen molar-refractivity contribution in [2.24, 2.45) is 4.99 Å². The lowest BCUT2D eigenvalue weighted by atomic mass is 10.1. The second-order valence-corrected chi connectivity index (χ2v) is 8.61. The summed E-state index contributed by atoms with van der Waals surface area (Å²) < 4.78 is 10.8. The number of aryl methyl sites for hydroxylation is 1. The van der Waals surface area contributed by atoms with Gasteiger partial charge in [0.15, 0.2) is 16.7 Å². The molecule has 1 N–H and O–H groups in total. The van der Waals surface area contributed by atoms with Gasteiger partial charge in [0.2, 0.25) is 12.7 Å². The normalized spacial score (nSPS) is 16.8. The number of amides is 2. The Balaban J connectivity index is 1.65. The van der Waals surface area contributed by atoms with Crippen LogP contribution < -0.4 is 19.7 Å². The number of hydrogen-bond acceptors (Lipinski definition) is 6. The molecule has 2 heterocycles. The highest BCUT2D eigenvalue weighted by atomic mass is 32.2. The standard InChI is InChI=1S/C24H23N3O4S/c1-4-11-25-22(28)16(3)32-24-26-19(12-17-7-10-20-21(13-17)31-14-30-20)23(29)27(24)18-8-5-15(2)6-9-18/h4-10,12-13,16H,1,11,14H2,2-3H3,(H,25,28)/b19-12-. The van der Waals surface area contributed by atoms with Crippen molar-refractivity contribution in [3.63, 3.8) is 0 Å². The summed E-state index contributed by atoms with van der Waals surface area (Å²) in [5.74, 6) is 0.895. The lowest BCUT2D eigenvalue weighted by Gasteiger charge is -2.20. The molecule has 0 aromatic heterocycles. The van der Waals surface area contributed by atoms with Crippen LogP contribution in [-0.2, 0) is 9.59 Å². The van der Waals surface area contributed by atoms with Crippen LogP contribution in [0.25, 0.3) is 6.08 Å². The van der Waals surface area contributed by atoms with Gasteiger partial charge >= 0.3 is 0 Å². The van der Waals surface area contributed by atoms with Gasteiger partial charge in [0.05, 0.1) is 10.9 Å². The number of thioether (sulfide) groups is 1. The van der Waals surface area contributed by atoms with Crippen LogP contribution in [0.2, 0.25) is 0 Å². The third kappa shape index (κ3) is 4.55. The van der Waals surface area contributed by atoms with E-state index in [1.54, 1.807) is 30.0 Å². The quantitative estimate of drug-likeness (QED) is 0.535. The average Bonchev–Trinajstić information content (AvgIpc) is 3.37. The minimum atomic E-state index is -0.445. The number of benzene rings is 2. The van der Waals surface area contributed by atoms with E-state index >= 15 is 0 Å². The molecule has 2 amide bonds. The fourth-order valence-electron chi connectivity index (χ4n) is 3.19. The summed E-state index contributed by atoms with van der Waals surface area (Å²) in [6.07, 6.45) is 3.33. The summed E-state index contributed by atoms with van der Waals surface area (Å²) in [7, 11) is 0. The Morgan fingerprint density at radius 2 is 2.00 bits per heavy atom. The molecule has 0 aliphatic carbocycles. The van der Waals surface area contributed by atoms with Gasteiger partial charge in [-0.3, -0.25) is 14.5 Å². The van der Waals surface area contributed by atoms with Crippen LogP contribution in [0.15, 0.2) is 65.8 Å². The Labute approximate surface area is 190 Å². The number of carbonyl (C=O) groups excluding carboxylic acids is 2. The first-order valence-corrected chi connectivity index (χ1v) is 11.0. The van der Waals surface area contributed by atoms with Crippen LogP contribution in [0.4, 0.5) is 5.69 Å². The topological polar surface area (TPSA) is 80.2 Å². The summed E-state index contributed by atoms with van der Waals surface area (Å²) >= 11 is 1.23. The van der Waals surface area contributed by atoms with Crippen molar-refractivity contribution in [1.82, 2.24) is 5.32 Å². The summed E-state index contributed by atoms with van der Waals surface area (Å²) in [6, 6.07) is 13.1. The summed E-state index contributed by atoms with van der Waals surface area (Å²) in [4.78, 5) is 31.8. The van der Waals surface area contributed by atoms with Gasteiger partial charge in [0.1, 0.15) is 5.70 Å². The Hall–Kier alpha value is -3.52. The number of ether oxygens (including phenoxy) is 2. The number of nitrogens with zero attached hydrogens (tertiary/aromatic N) is 2. The first kappa shape index (κ1) is 21.7. The third-order valence-corrected chi connectivity index (χ3v) is 5.95. The molecule has 7 nitrogen and oxygen atoms in total. The molecule has 2 aliphatic heterocycles. The molecule has 0 spiro atoms. The molecule has 8 heteroatoms. The van der Waals surface area contributed by atoms with Crippen molar-refractivity contribution in [1.29, 1.82) is 0 Å². The van der Waals surface area contributed by atoms with Crippen LogP contribution in [0.3, 0.4) is 0 Å². The fourth-order valence-corrected chi connectivity index (χ4v) is 4.14. The molecule has 0 bridgehead atoms. The molecule has 2 aromatic rings. The van der Waals surface area contributed by atoms with E-state index < -0.39 is 5.25 Å². The molecule has 1 unspecified atom stereocenters. The Morgan fingerprint density at radius 3 is 2.75 bits per heavy atom. The Bertz CT molecular complexity index is 1120. The number of hydrogen-bond donors (Lipinski definition) is 1. The summed E-state index contributed by atoms with van der Waals surface area (Å²) in [6.45, 7) is 7.94. The number of amidine groups is 1. The first-order valence-electron chi connectivity index (χ1n) is 10.1. The molecule has 164 valence electrons. The van der Waals surface area contributed by atoms with E-state index in [0.29, 0.717) is 28.9 Å².